The fraction of sp³-hybridized carbons (Fsp3) is 0.286. The number of nitrogens with zero attached hydrogens (tertiary/aromatic N) is 2. The molecule has 4 rings (SSSR count). The summed E-state index contributed by atoms with van der Waals surface area (Å²) in [6.45, 7) is 1.30. The maximum atomic E-state index is 12.7. The monoisotopic (exact) mass is 397 g/mol. The molecule has 0 saturated carbocycles. The Morgan fingerprint density at radius 2 is 1.64 bits per heavy atom. The molecule has 0 unspecified atom stereocenters. The molecule has 0 aliphatic carbocycles. The third-order valence-electron chi connectivity index (χ3n) is 5.06. The molecular formula is C21H20ClN3O3. The molecule has 0 bridgehead atoms. The zero-order valence-corrected chi connectivity index (χ0v) is 16.0. The number of benzene rings is 2. The molecule has 0 aromatic heterocycles. The van der Waals surface area contributed by atoms with Gasteiger partial charge in [0.05, 0.1) is 10.7 Å². The molecule has 2 heterocycles. The zero-order chi connectivity index (χ0) is 19.7. The van der Waals surface area contributed by atoms with E-state index in [2.05, 4.69) is 5.32 Å². The van der Waals surface area contributed by atoms with Gasteiger partial charge in [-0.3, -0.25) is 14.4 Å². The Hall–Kier alpha value is -2.86. The first-order valence-electron chi connectivity index (χ1n) is 9.34. The number of hydrogen-bond donors (Lipinski definition) is 1. The van der Waals surface area contributed by atoms with Crippen molar-refractivity contribution in [1.82, 2.24) is 0 Å². The summed E-state index contributed by atoms with van der Waals surface area (Å²) in [6, 6.07) is 12.2. The van der Waals surface area contributed by atoms with Gasteiger partial charge in [0, 0.05) is 42.9 Å². The molecule has 144 valence electrons. The molecule has 2 aliphatic heterocycles. The van der Waals surface area contributed by atoms with E-state index in [1.807, 2.05) is 12.1 Å². The van der Waals surface area contributed by atoms with E-state index < -0.39 is 0 Å². The first-order chi connectivity index (χ1) is 13.5. The van der Waals surface area contributed by atoms with Gasteiger partial charge in [-0.25, -0.2) is 0 Å². The first-order valence-corrected chi connectivity index (χ1v) is 9.72. The van der Waals surface area contributed by atoms with Crippen molar-refractivity contribution in [3.05, 3.63) is 53.1 Å². The number of anilines is 3. The summed E-state index contributed by atoms with van der Waals surface area (Å²) in [5.74, 6) is -0.182. The van der Waals surface area contributed by atoms with Crippen LogP contribution in [-0.2, 0) is 9.59 Å². The Morgan fingerprint density at radius 1 is 0.929 bits per heavy atom. The highest BCUT2D eigenvalue weighted by Gasteiger charge is 2.25. The van der Waals surface area contributed by atoms with E-state index in [0.717, 1.165) is 18.5 Å². The maximum absolute atomic E-state index is 12.7. The Morgan fingerprint density at radius 3 is 2.32 bits per heavy atom. The SMILES string of the molecule is O=C(Nc1cccc(N2CCCC2=O)c1)c1ccc(Cl)c(N2CCCC2=O)c1. The number of rotatable bonds is 4. The van der Waals surface area contributed by atoms with Crippen molar-refractivity contribution >= 4 is 46.4 Å². The summed E-state index contributed by atoms with van der Waals surface area (Å²) in [4.78, 5) is 40.1. The highest BCUT2D eigenvalue weighted by Crippen LogP contribution is 2.31. The Labute approximate surface area is 168 Å². The number of carbonyl (C=O) groups is 3. The van der Waals surface area contributed by atoms with Crippen LogP contribution in [0.4, 0.5) is 17.1 Å². The van der Waals surface area contributed by atoms with Crippen molar-refractivity contribution < 1.29 is 14.4 Å². The average molecular weight is 398 g/mol. The van der Waals surface area contributed by atoms with Crippen LogP contribution >= 0.6 is 11.6 Å². The Balaban J connectivity index is 1.54. The van der Waals surface area contributed by atoms with Gasteiger partial charge in [0.25, 0.3) is 5.91 Å². The highest BCUT2D eigenvalue weighted by molar-refractivity contribution is 6.34. The molecule has 1 N–H and O–H groups in total. The summed E-state index contributed by atoms with van der Waals surface area (Å²) < 4.78 is 0. The van der Waals surface area contributed by atoms with Crippen LogP contribution in [0.3, 0.4) is 0 Å². The maximum Gasteiger partial charge on any atom is 0.255 e. The lowest BCUT2D eigenvalue weighted by atomic mass is 10.1. The lowest BCUT2D eigenvalue weighted by molar-refractivity contribution is -0.117. The number of hydrogen-bond acceptors (Lipinski definition) is 3. The Kier molecular flexibility index (Phi) is 5.05. The molecule has 0 spiro atoms. The van der Waals surface area contributed by atoms with E-state index >= 15 is 0 Å². The van der Waals surface area contributed by atoms with E-state index in [9.17, 15) is 14.4 Å². The van der Waals surface area contributed by atoms with Crippen LogP contribution in [0.2, 0.25) is 5.02 Å². The fourth-order valence-electron chi connectivity index (χ4n) is 3.64. The van der Waals surface area contributed by atoms with Crippen LogP contribution < -0.4 is 15.1 Å². The van der Waals surface area contributed by atoms with Crippen LogP contribution in [0.5, 0.6) is 0 Å². The standard InChI is InChI=1S/C21H20ClN3O3/c22-17-9-8-14(12-18(17)25-11-3-7-20(25)27)21(28)23-15-4-1-5-16(13-15)24-10-2-6-19(24)26/h1,4-5,8-9,12-13H,2-3,6-7,10-11H2,(H,23,28). The molecule has 2 fully saturated rings. The zero-order valence-electron chi connectivity index (χ0n) is 15.3. The van der Waals surface area contributed by atoms with Gasteiger partial charge in [0.1, 0.15) is 0 Å². The number of nitrogens with one attached hydrogen (secondary N) is 1. The average Bonchev–Trinajstić information content (AvgIpc) is 3.30. The van der Waals surface area contributed by atoms with Crippen LogP contribution in [-0.4, -0.2) is 30.8 Å². The molecule has 2 saturated heterocycles. The fourth-order valence-corrected chi connectivity index (χ4v) is 3.86. The largest absolute Gasteiger partial charge is 0.322 e. The minimum atomic E-state index is -0.297. The molecule has 2 aromatic rings. The van der Waals surface area contributed by atoms with Gasteiger partial charge in [-0.2, -0.15) is 0 Å². The molecule has 7 heteroatoms. The van der Waals surface area contributed by atoms with Gasteiger partial charge in [-0.05, 0) is 49.2 Å². The molecule has 3 amide bonds. The second-order valence-electron chi connectivity index (χ2n) is 6.97. The van der Waals surface area contributed by atoms with E-state index in [1.54, 1.807) is 40.1 Å². The van der Waals surface area contributed by atoms with Crippen LogP contribution in [0.1, 0.15) is 36.0 Å². The van der Waals surface area contributed by atoms with E-state index in [-0.39, 0.29) is 17.7 Å². The van der Waals surface area contributed by atoms with Crippen molar-refractivity contribution in [2.24, 2.45) is 0 Å². The highest BCUT2D eigenvalue weighted by atomic mass is 35.5. The molecular weight excluding hydrogens is 378 g/mol. The topological polar surface area (TPSA) is 69.7 Å². The number of amides is 3. The summed E-state index contributed by atoms with van der Waals surface area (Å²) in [6.07, 6.45) is 2.68. The first kappa shape index (κ1) is 18.5. The third-order valence-corrected chi connectivity index (χ3v) is 5.38. The van der Waals surface area contributed by atoms with Crippen molar-refractivity contribution in [3.63, 3.8) is 0 Å². The van der Waals surface area contributed by atoms with Crippen molar-refractivity contribution in [2.75, 3.05) is 28.2 Å². The van der Waals surface area contributed by atoms with Gasteiger partial charge in [-0.1, -0.05) is 17.7 Å². The second kappa shape index (κ2) is 7.64. The number of carbonyl (C=O) groups excluding carboxylic acids is 3. The van der Waals surface area contributed by atoms with Crippen molar-refractivity contribution in [2.45, 2.75) is 25.7 Å². The molecule has 2 aromatic carbocycles. The predicted molar refractivity (Wildman–Crippen MR) is 109 cm³/mol. The second-order valence-corrected chi connectivity index (χ2v) is 7.38. The minimum Gasteiger partial charge on any atom is -0.322 e. The molecule has 28 heavy (non-hydrogen) atoms. The number of halogens is 1. The summed E-state index contributed by atoms with van der Waals surface area (Å²) in [5, 5.41) is 3.31. The minimum absolute atomic E-state index is 0.0161. The van der Waals surface area contributed by atoms with Crippen molar-refractivity contribution in [1.29, 1.82) is 0 Å². The summed E-state index contributed by atoms with van der Waals surface area (Å²) in [5.41, 5.74) is 2.37. The van der Waals surface area contributed by atoms with E-state index in [1.165, 1.54) is 0 Å². The smallest absolute Gasteiger partial charge is 0.255 e. The van der Waals surface area contributed by atoms with Gasteiger partial charge >= 0.3 is 0 Å². The molecule has 0 radical (unpaired) electrons. The van der Waals surface area contributed by atoms with Gasteiger partial charge in [-0.15, -0.1) is 0 Å². The van der Waals surface area contributed by atoms with Gasteiger partial charge in [0.2, 0.25) is 11.8 Å². The molecule has 0 atom stereocenters. The third kappa shape index (κ3) is 3.60. The quantitative estimate of drug-likeness (QED) is 0.851. The summed E-state index contributed by atoms with van der Waals surface area (Å²) in [7, 11) is 0. The predicted octanol–water partition coefficient (Wildman–Crippen LogP) is 3.85. The lowest BCUT2D eigenvalue weighted by Crippen LogP contribution is -2.25. The van der Waals surface area contributed by atoms with Crippen molar-refractivity contribution in [3.8, 4) is 0 Å². The van der Waals surface area contributed by atoms with Crippen LogP contribution in [0, 0.1) is 0 Å². The van der Waals surface area contributed by atoms with Crippen LogP contribution in [0.25, 0.3) is 0 Å². The van der Waals surface area contributed by atoms with Crippen LogP contribution in [0.15, 0.2) is 42.5 Å². The van der Waals surface area contributed by atoms with Gasteiger partial charge in [0.15, 0.2) is 0 Å². The molecule has 6 nitrogen and oxygen atoms in total. The normalized spacial score (nSPS) is 16.8. The van der Waals surface area contributed by atoms with E-state index in [4.69, 9.17) is 11.6 Å². The lowest BCUT2D eigenvalue weighted by Gasteiger charge is -2.19. The summed E-state index contributed by atoms with van der Waals surface area (Å²) >= 11 is 6.25. The molecule has 2 aliphatic rings. The van der Waals surface area contributed by atoms with E-state index in [0.29, 0.717) is 47.9 Å². The Bertz CT molecular complexity index is 960. The van der Waals surface area contributed by atoms with Gasteiger partial charge < -0.3 is 15.1 Å².